The largest absolute Gasteiger partial charge is 0.391 e. The first-order valence-corrected chi connectivity index (χ1v) is 8.17. The molecule has 22 heavy (non-hydrogen) atoms. The molecule has 1 aliphatic rings. The van der Waals surface area contributed by atoms with Crippen LogP contribution in [-0.2, 0) is 0 Å². The number of nitrogens with two attached hydrogens (primary N) is 1. The molecule has 0 aliphatic carbocycles. The topological polar surface area (TPSA) is 79.5 Å². The summed E-state index contributed by atoms with van der Waals surface area (Å²) in [6, 6.07) is 5.30. The standard InChI is InChI=1S/C16H19N3O2S/c1-10-4-7-22-15(10)12-3-6-19(9-13(12)20)16(21)11-2-5-18-14(17)8-11/h2,4-5,7-8,12-13,20H,3,6,9H2,1H3,(H2,17,18)/t12-,13-/m1/s1. The fourth-order valence-electron chi connectivity index (χ4n) is 2.95. The number of likely N-dealkylation sites (tertiary alicyclic amines) is 1. The lowest BCUT2D eigenvalue weighted by atomic mass is 9.90. The van der Waals surface area contributed by atoms with Crippen molar-refractivity contribution in [1.82, 2.24) is 9.88 Å². The van der Waals surface area contributed by atoms with Gasteiger partial charge in [0.15, 0.2) is 0 Å². The maximum absolute atomic E-state index is 12.5. The normalized spacial score (nSPS) is 21.8. The van der Waals surface area contributed by atoms with Crippen LogP contribution in [0, 0.1) is 6.92 Å². The number of hydrogen-bond acceptors (Lipinski definition) is 5. The highest BCUT2D eigenvalue weighted by Crippen LogP contribution is 2.34. The van der Waals surface area contributed by atoms with Crippen molar-refractivity contribution in [2.24, 2.45) is 0 Å². The fraction of sp³-hybridized carbons (Fsp3) is 0.375. The number of aryl methyl sites for hydroxylation is 1. The number of amides is 1. The molecule has 116 valence electrons. The average Bonchev–Trinajstić information content (AvgIpc) is 2.92. The molecule has 3 N–H and O–H groups in total. The lowest BCUT2D eigenvalue weighted by molar-refractivity contribution is 0.0387. The van der Waals surface area contributed by atoms with E-state index in [1.165, 1.54) is 16.6 Å². The number of carbonyl (C=O) groups is 1. The van der Waals surface area contributed by atoms with Gasteiger partial charge in [0.1, 0.15) is 5.82 Å². The van der Waals surface area contributed by atoms with Crippen LogP contribution in [0.15, 0.2) is 29.8 Å². The van der Waals surface area contributed by atoms with E-state index in [9.17, 15) is 9.90 Å². The van der Waals surface area contributed by atoms with Crippen LogP contribution >= 0.6 is 11.3 Å². The predicted octanol–water partition coefficient (Wildman–Crippen LogP) is 2.02. The van der Waals surface area contributed by atoms with Gasteiger partial charge in [-0.05, 0) is 42.5 Å². The molecule has 1 fully saturated rings. The number of nitrogens with zero attached hydrogens (tertiary/aromatic N) is 2. The quantitative estimate of drug-likeness (QED) is 0.888. The first-order valence-electron chi connectivity index (χ1n) is 7.29. The summed E-state index contributed by atoms with van der Waals surface area (Å²) in [6.45, 7) is 3.05. The fourth-order valence-corrected chi connectivity index (χ4v) is 4.07. The summed E-state index contributed by atoms with van der Waals surface area (Å²) in [5, 5.41) is 12.5. The Labute approximate surface area is 133 Å². The van der Waals surface area contributed by atoms with E-state index in [0.717, 1.165) is 6.42 Å². The van der Waals surface area contributed by atoms with Gasteiger partial charge in [-0.3, -0.25) is 4.79 Å². The number of aromatic nitrogens is 1. The number of anilines is 1. The Morgan fingerprint density at radius 3 is 2.95 bits per heavy atom. The summed E-state index contributed by atoms with van der Waals surface area (Å²) < 4.78 is 0. The molecule has 3 heterocycles. The number of thiophene rings is 1. The molecule has 2 atom stereocenters. The summed E-state index contributed by atoms with van der Waals surface area (Å²) in [5.41, 5.74) is 7.36. The van der Waals surface area contributed by atoms with Crippen molar-refractivity contribution in [1.29, 1.82) is 0 Å². The number of aliphatic hydroxyl groups excluding tert-OH is 1. The van der Waals surface area contributed by atoms with Crippen LogP contribution < -0.4 is 5.73 Å². The highest BCUT2D eigenvalue weighted by molar-refractivity contribution is 7.10. The van der Waals surface area contributed by atoms with Gasteiger partial charge in [-0.25, -0.2) is 4.98 Å². The highest BCUT2D eigenvalue weighted by atomic mass is 32.1. The molecule has 6 heteroatoms. The summed E-state index contributed by atoms with van der Waals surface area (Å²) in [7, 11) is 0. The first kappa shape index (κ1) is 15.0. The first-order chi connectivity index (χ1) is 10.6. The van der Waals surface area contributed by atoms with E-state index in [-0.39, 0.29) is 11.8 Å². The number of aliphatic hydroxyl groups is 1. The number of pyridine rings is 1. The van der Waals surface area contributed by atoms with Crippen LogP contribution in [0.5, 0.6) is 0 Å². The van der Waals surface area contributed by atoms with Gasteiger partial charge in [0.05, 0.1) is 6.10 Å². The Kier molecular flexibility index (Phi) is 4.13. The molecule has 5 nitrogen and oxygen atoms in total. The van der Waals surface area contributed by atoms with E-state index in [0.29, 0.717) is 24.5 Å². The van der Waals surface area contributed by atoms with E-state index < -0.39 is 6.10 Å². The maximum atomic E-state index is 12.5. The minimum Gasteiger partial charge on any atom is -0.391 e. The highest BCUT2D eigenvalue weighted by Gasteiger charge is 2.32. The van der Waals surface area contributed by atoms with Gasteiger partial charge in [0.2, 0.25) is 0 Å². The number of piperidine rings is 1. The Balaban J connectivity index is 1.72. The van der Waals surface area contributed by atoms with Crippen LogP contribution in [0.1, 0.15) is 33.1 Å². The third-order valence-corrected chi connectivity index (χ3v) is 5.29. The van der Waals surface area contributed by atoms with Gasteiger partial charge in [-0.2, -0.15) is 0 Å². The summed E-state index contributed by atoms with van der Waals surface area (Å²) in [6.07, 6.45) is 1.77. The zero-order chi connectivity index (χ0) is 15.7. The van der Waals surface area contributed by atoms with Crippen molar-refractivity contribution in [3.05, 3.63) is 45.8 Å². The van der Waals surface area contributed by atoms with Gasteiger partial charge in [-0.1, -0.05) is 0 Å². The van der Waals surface area contributed by atoms with Crippen LogP contribution in [0.3, 0.4) is 0 Å². The zero-order valence-electron chi connectivity index (χ0n) is 12.4. The Hall–Kier alpha value is -1.92. The van der Waals surface area contributed by atoms with Crippen LogP contribution in [0.2, 0.25) is 0 Å². The molecule has 2 aromatic rings. The van der Waals surface area contributed by atoms with E-state index in [1.807, 2.05) is 0 Å². The molecule has 1 aliphatic heterocycles. The second-order valence-electron chi connectivity index (χ2n) is 5.65. The van der Waals surface area contributed by atoms with Crippen molar-refractivity contribution in [2.75, 3.05) is 18.8 Å². The summed E-state index contributed by atoms with van der Waals surface area (Å²) >= 11 is 1.68. The number of rotatable bonds is 2. The molecule has 1 saturated heterocycles. The van der Waals surface area contributed by atoms with E-state index in [1.54, 1.807) is 28.4 Å². The molecule has 0 bridgehead atoms. The minimum atomic E-state index is -0.533. The number of nitrogen functional groups attached to an aromatic ring is 1. The van der Waals surface area contributed by atoms with Gasteiger partial charge in [0.25, 0.3) is 5.91 Å². The Morgan fingerprint density at radius 1 is 1.50 bits per heavy atom. The molecular formula is C16H19N3O2S. The number of hydrogen-bond donors (Lipinski definition) is 2. The van der Waals surface area contributed by atoms with Crippen molar-refractivity contribution in [2.45, 2.75) is 25.4 Å². The predicted molar refractivity (Wildman–Crippen MR) is 87.0 cm³/mol. The second-order valence-corrected chi connectivity index (χ2v) is 6.60. The maximum Gasteiger partial charge on any atom is 0.254 e. The zero-order valence-corrected chi connectivity index (χ0v) is 13.2. The Bertz CT molecular complexity index is 686. The molecule has 0 radical (unpaired) electrons. The van der Waals surface area contributed by atoms with Crippen molar-refractivity contribution >= 4 is 23.1 Å². The molecule has 2 aromatic heterocycles. The van der Waals surface area contributed by atoms with E-state index in [2.05, 4.69) is 23.4 Å². The monoisotopic (exact) mass is 317 g/mol. The molecule has 0 spiro atoms. The van der Waals surface area contributed by atoms with Crippen molar-refractivity contribution in [3.8, 4) is 0 Å². The van der Waals surface area contributed by atoms with Crippen LogP contribution in [0.25, 0.3) is 0 Å². The number of β-amino-alcohol motifs (C(OH)–C–C–N with tert-alkyl or cyclic N) is 1. The van der Waals surface area contributed by atoms with E-state index >= 15 is 0 Å². The molecule has 0 aromatic carbocycles. The third kappa shape index (κ3) is 2.84. The second kappa shape index (κ2) is 6.06. The third-order valence-electron chi connectivity index (χ3n) is 4.14. The summed E-state index contributed by atoms with van der Waals surface area (Å²) in [4.78, 5) is 19.3. The average molecular weight is 317 g/mol. The van der Waals surface area contributed by atoms with Crippen LogP contribution in [-0.4, -0.2) is 40.1 Å². The molecule has 1 amide bonds. The van der Waals surface area contributed by atoms with Gasteiger partial charge in [0, 0.05) is 35.6 Å². The van der Waals surface area contributed by atoms with Crippen molar-refractivity contribution < 1.29 is 9.90 Å². The molecule has 0 unspecified atom stereocenters. The van der Waals surface area contributed by atoms with Gasteiger partial charge < -0.3 is 15.7 Å². The van der Waals surface area contributed by atoms with Crippen molar-refractivity contribution in [3.63, 3.8) is 0 Å². The minimum absolute atomic E-state index is 0.102. The Morgan fingerprint density at radius 2 is 2.32 bits per heavy atom. The number of carbonyl (C=O) groups excluding carboxylic acids is 1. The van der Waals surface area contributed by atoms with Crippen LogP contribution in [0.4, 0.5) is 5.82 Å². The lowest BCUT2D eigenvalue weighted by Crippen LogP contribution is -2.45. The molecule has 0 saturated carbocycles. The van der Waals surface area contributed by atoms with Gasteiger partial charge in [-0.15, -0.1) is 11.3 Å². The SMILES string of the molecule is Cc1ccsc1[C@@H]1CCN(C(=O)c2ccnc(N)c2)C[C@H]1O. The lowest BCUT2D eigenvalue weighted by Gasteiger charge is -2.36. The molecular weight excluding hydrogens is 298 g/mol. The smallest absolute Gasteiger partial charge is 0.254 e. The summed E-state index contributed by atoms with van der Waals surface area (Å²) in [5.74, 6) is 0.344. The molecule has 3 rings (SSSR count). The van der Waals surface area contributed by atoms with Gasteiger partial charge >= 0.3 is 0 Å². The van der Waals surface area contributed by atoms with E-state index in [4.69, 9.17) is 5.73 Å².